The molecule has 23 heavy (non-hydrogen) atoms. The molecule has 4 nitrogen and oxygen atoms in total. The van der Waals surface area contributed by atoms with Crippen LogP contribution in [0.1, 0.15) is 19.4 Å². The maximum Gasteiger partial charge on any atom is 0.250 e. The van der Waals surface area contributed by atoms with Crippen molar-refractivity contribution >= 4 is 23.4 Å². The van der Waals surface area contributed by atoms with E-state index in [0.717, 1.165) is 21.9 Å². The first-order chi connectivity index (χ1) is 11.2. The van der Waals surface area contributed by atoms with Crippen molar-refractivity contribution in [2.45, 2.75) is 18.7 Å². The molecule has 5 heteroatoms. The Kier molecular flexibility index (Phi) is 6.69. The molecule has 0 saturated carbocycles. The third kappa shape index (κ3) is 5.79. The number of ether oxygens (including phenoxy) is 1. The first-order valence-electron chi connectivity index (χ1n) is 7.43. The van der Waals surface area contributed by atoms with Gasteiger partial charge in [-0.2, -0.15) is 5.10 Å². The summed E-state index contributed by atoms with van der Waals surface area (Å²) in [4.78, 5) is 12.9. The van der Waals surface area contributed by atoms with Gasteiger partial charge in [0.2, 0.25) is 5.91 Å². The Bertz CT molecular complexity index is 654. The number of thioether (sulfide) groups is 1. The monoisotopic (exact) mass is 328 g/mol. The predicted molar refractivity (Wildman–Crippen MR) is 95.1 cm³/mol. The number of nitrogens with one attached hydrogen (secondary N) is 1. The first kappa shape index (κ1) is 17.1. The van der Waals surface area contributed by atoms with Gasteiger partial charge in [0.05, 0.1) is 18.1 Å². The van der Waals surface area contributed by atoms with E-state index in [0.29, 0.717) is 12.4 Å². The summed E-state index contributed by atoms with van der Waals surface area (Å²) in [5.74, 6) is 1.04. The van der Waals surface area contributed by atoms with Crippen LogP contribution in [0.4, 0.5) is 0 Å². The fraction of sp³-hybridized carbons (Fsp3) is 0.222. The highest BCUT2D eigenvalue weighted by molar-refractivity contribution is 8.00. The lowest BCUT2D eigenvalue weighted by Gasteiger charge is -2.05. The van der Waals surface area contributed by atoms with Crippen LogP contribution in [-0.2, 0) is 4.79 Å². The van der Waals surface area contributed by atoms with Gasteiger partial charge in [-0.15, -0.1) is 11.8 Å². The summed E-state index contributed by atoms with van der Waals surface area (Å²) in [5.41, 5.74) is 4.29. The topological polar surface area (TPSA) is 50.7 Å². The summed E-state index contributed by atoms with van der Waals surface area (Å²) in [6.07, 6.45) is 0. The predicted octanol–water partition coefficient (Wildman–Crippen LogP) is 3.72. The molecule has 0 heterocycles. The van der Waals surface area contributed by atoms with Crippen LogP contribution in [0.2, 0.25) is 0 Å². The molecule has 1 N–H and O–H groups in total. The Labute approximate surface area is 140 Å². The second kappa shape index (κ2) is 9.00. The van der Waals surface area contributed by atoms with Gasteiger partial charge < -0.3 is 4.74 Å². The van der Waals surface area contributed by atoms with Crippen LogP contribution in [-0.4, -0.2) is 24.0 Å². The standard InChI is InChI=1S/C18H20N2O2S/c1-3-22-16-11-9-15(10-12-16)14(2)19-20-18(21)13-23-17-7-5-4-6-8-17/h4-12H,3,13H2,1-2H3,(H,20,21)/b19-14-. The molecular weight excluding hydrogens is 308 g/mol. The average molecular weight is 328 g/mol. The molecular formula is C18H20N2O2S. The normalized spacial score (nSPS) is 11.1. The summed E-state index contributed by atoms with van der Waals surface area (Å²) >= 11 is 1.49. The van der Waals surface area contributed by atoms with Crippen LogP contribution >= 0.6 is 11.8 Å². The maximum atomic E-state index is 11.8. The van der Waals surface area contributed by atoms with Crippen molar-refractivity contribution in [1.82, 2.24) is 5.43 Å². The molecule has 0 aromatic heterocycles. The number of hydrogen-bond donors (Lipinski definition) is 1. The van der Waals surface area contributed by atoms with Crippen molar-refractivity contribution in [3.05, 3.63) is 60.2 Å². The lowest BCUT2D eigenvalue weighted by molar-refractivity contribution is -0.118. The largest absolute Gasteiger partial charge is 0.494 e. The molecule has 2 aromatic carbocycles. The zero-order valence-electron chi connectivity index (χ0n) is 13.3. The van der Waals surface area contributed by atoms with E-state index < -0.39 is 0 Å². The Morgan fingerprint density at radius 2 is 1.83 bits per heavy atom. The molecule has 120 valence electrons. The van der Waals surface area contributed by atoms with E-state index in [1.165, 1.54) is 11.8 Å². The van der Waals surface area contributed by atoms with E-state index in [9.17, 15) is 4.79 Å². The minimum atomic E-state index is -0.121. The van der Waals surface area contributed by atoms with Gasteiger partial charge in [0.1, 0.15) is 5.75 Å². The molecule has 0 aliphatic rings. The summed E-state index contributed by atoms with van der Waals surface area (Å²) in [7, 11) is 0. The zero-order chi connectivity index (χ0) is 16.5. The Morgan fingerprint density at radius 1 is 1.13 bits per heavy atom. The van der Waals surface area contributed by atoms with E-state index in [2.05, 4.69) is 10.5 Å². The highest BCUT2D eigenvalue weighted by atomic mass is 32.2. The summed E-state index contributed by atoms with van der Waals surface area (Å²) in [6.45, 7) is 4.45. The van der Waals surface area contributed by atoms with Crippen molar-refractivity contribution in [2.24, 2.45) is 5.10 Å². The molecule has 0 atom stereocenters. The van der Waals surface area contributed by atoms with Crippen LogP contribution < -0.4 is 10.2 Å². The highest BCUT2D eigenvalue weighted by Gasteiger charge is 2.03. The Hall–Kier alpha value is -2.27. The number of nitrogens with zero attached hydrogens (tertiary/aromatic N) is 1. The number of carbonyl (C=O) groups excluding carboxylic acids is 1. The molecule has 0 bridgehead atoms. The van der Waals surface area contributed by atoms with Gasteiger partial charge in [-0.1, -0.05) is 18.2 Å². The fourth-order valence-corrected chi connectivity index (χ4v) is 2.58. The lowest BCUT2D eigenvalue weighted by atomic mass is 10.1. The fourth-order valence-electron chi connectivity index (χ4n) is 1.87. The molecule has 0 spiro atoms. The molecule has 0 radical (unpaired) electrons. The van der Waals surface area contributed by atoms with Gasteiger partial charge in [0, 0.05) is 4.90 Å². The van der Waals surface area contributed by atoms with Crippen LogP contribution in [0, 0.1) is 0 Å². The Morgan fingerprint density at radius 3 is 2.48 bits per heavy atom. The Balaban J connectivity index is 1.84. The number of hydrogen-bond acceptors (Lipinski definition) is 4. The second-order valence-corrected chi connectivity index (χ2v) is 5.84. The minimum Gasteiger partial charge on any atom is -0.494 e. The van der Waals surface area contributed by atoms with Gasteiger partial charge in [-0.05, 0) is 55.8 Å². The van der Waals surface area contributed by atoms with Crippen molar-refractivity contribution < 1.29 is 9.53 Å². The quantitative estimate of drug-likeness (QED) is 0.479. The van der Waals surface area contributed by atoms with Crippen molar-refractivity contribution in [1.29, 1.82) is 0 Å². The number of hydrazone groups is 1. The second-order valence-electron chi connectivity index (χ2n) is 4.79. The third-order valence-corrected chi connectivity index (χ3v) is 4.06. The van der Waals surface area contributed by atoms with Crippen LogP contribution in [0.25, 0.3) is 0 Å². The molecule has 0 saturated heterocycles. The van der Waals surface area contributed by atoms with Gasteiger partial charge in [0.25, 0.3) is 0 Å². The summed E-state index contributed by atoms with van der Waals surface area (Å²) in [5, 5.41) is 4.15. The maximum absolute atomic E-state index is 11.8. The number of amides is 1. The van der Waals surface area contributed by atoms with Crippen LogP contribution in [0.5, 0.6) is 5.75 Å². The smallest absolute Gasteiger partial charge is 0.250 e. The molecule has 0 aliphatic heterocycles. The minimum absolute atomic E-state index is 0.121. The molecule has 0 fully saturated rings. The van der Waals surface area contributed by atoms with Gasteiger partial charge in [-0.3, -0.25) is 4.79 Å². The highest BCUT2D eigenvalue weighted by Crippen LogP contribution is 2.16. The van der Waals surface area contributed by atoms with Crippen molar-refractivity contribution in [3.8, 4) is 5.75 Å². The number of benzene rings is 2. The van der Waals surface area contributed by atoms with Crippen LogP contribution in [0.3, 0.4) is 0 Å². The number of rotatable bonds is 7. The third-order valence-electron chi connectivity index (χ3n) is 3.04. The van der Waals surface area contributed by atoms with Gasteiger partial charge in [-0.25, -0.2) is 5.43 Å². The SMILES string of the molecule is CCOc1ccc(/C(C)=N\NC(=O)CSc2ccccc2)cc1. The van der Waals surface area contributed by atoms with E-state index in [-0.39, 0.29) is 5.91 Å². The van der Waals surface area contributed by atoms with E-state index in [1.807, 2.05) is 68.4 Å². The van der Waals surface area contributed by atoms with E-state index in [1.54, 1.807) is 0 Å². The van der Waals surface area contributed by atoms with E-state index >= 15 is 0 Å². The zero-order valence-corrected chi connectivity index (χ0v) is 14.1. The average Bonchev–Trinajstić information content (AvgIpc) is 2.59. The molecule has 0 unspecified atom stereocenters. The molecule has 1 amide bonds. The lowest BCUT2D eigenvalue weighted by Crippen LogP contribution is -2.21. The van der Waals surface area contributed by atoms with Crippen molar-refractivity contribution in [2.75, 3.05) is 12.4 Å². The first-order valence-corrected chi connectivity index (χ1v) is 8.42. The summed E-state index contributed by atoms with van der Waals surface area (Å²) < 4.78 is 5.40. The molecule has 2 rings (SSSR count). The van der Waals surface area contributed by atoms with Gasteiger partial charge >= 0.3 is 0 Å². The van der Waals surface area contributed by atoms with Gasteiger partial charge in [0.15, 0.2) is 0 Å². The van der Waals surface area contributed by atoms with Crippen LogP contribution in [0.15, 0.2) is 64.6 Å². The molecule has 0 aliphatic carbocycles. The molecule has 2 aromatic rings. The van der Waals surface area contributed by atoms with Crippen molar-refractivity contribution in [3.63, 3.8) is 0 Å². The van der Waals surface area contributed by atoms with E-state index in [4.69, 9.17) is 4.74 Å². The number of carbonyl (C=O) groups is 1. The summed E-state index contributed by atoms with van der Waals surface area (Å²) in [6, 6.07) is 17.5.